The molecule has 4 nitrogen and oxygen atoms in total. The predicted molar refractivity (Wildman–Crippen MR) is 56.1 cm³/mol. The zero-order chi connectivity index (χ0) is 9.80. The molecule has 1 unspecified atom stereocenters. The first-order chi connectivity index (χ1) is 6.84. The summed E-state index contributed by atoms with van der Waals surface area (Å²) in [7, 11) is 0. The fraction of sp³-hybridized carbons (Fsp3) is 0.556. The Morgan fingerprint density at radius 1 is 1.64 bits per heavy atom. The van der Waals surface area contributed by atoms with E-state index in [-0.39, 0.29) is 0 Å². The predicted octanol–water partition coefficient (Wildman–Crippen LogP) is 1.33. The van der Waals surface area contributed by atoms with Crippen molar-refractivity contribution >= 4 is 17.7 Å². The summed E-state index contributed by atoms with van der Waals surface area (Å²) >= 11 is 1.68. The Bertz CT molecular complexity index is 302. The van der Waals surface area contributed by atoms with Crippen LogP contribution in [0, 0.1) is 0 Å². The molecule has 2 N–H and O–H groups in total. The Morgan fingerprint density at radius 3 is 3.29 bits per heavy atom. The van der Waals surface area contributed by atoms with Crippen molar-refractivity contribution in [1.82, 2.24) is 9.97 Å². The maximum Gasteiger partial charge on any atom is 0.221 e. The van der Waals surface area contributed by atoms with Crippen molar-refractivity contribution in [3.8, 4) is 0 Å². The van der Waals surface area contributed by atoms with Gasteiger partial charge >= 0.3 is 0 Å². The number of rotatable bonds is 3. The summed E-state index contributed by atoms with van der Waals surface area (Å²) in [5.74, 6) is 1.29. The molecule has 2 heterocycles. The lowest BCUT2D eigenvalue weighted by molar-refractivity contribution is 0.129. The summed E-state index contributed by atoms with van der Waals surface area (Å²) in [6, 6.07) is 1.87. The first-order valence-corrected chi connectivity index (χ1v) is 5.66. The molecule has 2 rings (SSSR count). The lowest BCUT2D eigenvalue weighted by Gasteiger charge is -2.07. The number of nitrogens with two attached hydrogens (primary N) is 1. The third-order valence-corrected chi connectivity index (χ3v) is 3.15. The van der Waals surface area contributed by atoms with Crippen LogP contribution >= 0.6 is 11.8 Å². The fourth-order valence-electron chi connectivity index (χ4n) is 1.39. The van der Waals surface area contributed by atoms with E-state index < -0.39 is 0 Å². The second-order valence-electron chi connectivity index (χ2n) is 3.20. The Balaban J connectivity index is 1.85. The zero-order valence-corrected chi connectivity index (χ0v) is 8.67. The standard InChI is InChI=1S/C9H13N3OS/c10-9-11-4-3-8(12-9)14-6-7-2-1-5-13-7/h3-4,7H,1-2,5-6H2,(H2,10,11,12). The van der Waals surface area contributed by atoms with Gasteiger partial charge in [0, 0.05) is 18.6 Å². The van der Waals surface area contributed by atoms with Crippen LogP contribution in [0.4, 0.5) is 5.95 Å². The summed E-state index contributed by atoms with van der Waals surface area (Å²) in [6.45, 7) is 0.900. The number of nitrogen functional groups attached to an aromatic ring is 1. The minimum absolute atomic E-state index is 0.336. The van der Waals surface area contributed by atoms with Gasteiger partial charge in [-0.3, -0.25) is 0 Å². The molecule has 0 radical (unpaired) electrons. The largest absolute Gasteiger partial charge is 0.377 e. The van der Waals surface area contributed by atoms with Crippen molar-refractivity contribution in [2.45, 2.75) is 24.0 Å². The van der Waals surface area contributed by atoms with Gasteiger partial charge in [0.05, 0.1) is 6.10 Å². The number of nitrogens with zero attached hydrogens (tertiary/aromatic N) is 2. The molecular weight excluding hydrogens is 198 g/mol. The van der Waals surface area contributed by atoms with Crippen LogP contribution in [0.5, 0.6) is 0 Å². The first-order valence-electron chi connectivity index (χ1n) is 4.67. The van der Waals surface area contributed by atoms with E-state index in [2.05, 4.69) is 9.97 Å². The molecule has 1 atom stereocenters. The van der Waals surface area contributed by atoms with Crippen LogP contribution in [0.2, 0.25) is 0 Å². The second kappa shape index (κ2) is 4.61. The Morgan fingerprint density at radius 2 is 2.57 bits per heavy atom. The summed E-state index contributed by atoms with van der Waals surface area (Å²) in [5, 5.41) is 0.924. The normalized spacial score (nSPS) is 21.3. The van der Waals surface area contributed by atoms with E-state index in [0.29, 0.717) is 12.1 Å². The van der Waals surface area contributed by atoms with Gasteiger partial charge in [-0.05, 0) is 18.9 Å². The maximum absolute atomic E-state index is 5.51. The van der Waals surface area contributed by atoms with Gasteiger partial charge in [-0.1, -0.05) is 0 Å². The van der Waals surface area contributed by atoms with Gasteiger partial charge in [0.1, 0.15) is 5.03 Å². The molecule has 0 bridgehead atoms. The van der Waals surface area contributed by atoms with Crippen LogP contribution < -0.4 is 5.73 Å². The lowest BCUT2D eigenvalue weighted by Crippen LogP contribution is -2.08. The highest BCUT2D eigenvalue weighted by Gasteiger charge is 2.15. The van der Waals surface area contributed by atoms with Crippen molar-refractivity contribution in [1.29, 1.82) is 0 Å². The number of hydrogen-bond acceptors (Lipinski definition) is 5. The lowest BCUT2D eigenvalue weighted by atomic mass is 10.3. The minimum Gasteiger partial charge on any atom is -0.377 e. The quantitative estimate of drug-likeness (QED) is 0.603. The number of thioether (sulfide) groups is 1. The van der Waals surface area contributed by atoms with Gasteiger partial charge in [-0.2, -0.15) is 0 Å². The van der Waals surface area contributed by atoms with Crippen molar-refractivity contribution in [3.05, 3.63) is 12.3 Å². The molecule has 76 valence electrons. The molecule has 1 aromatic heterocycles. The molecule has 0 saturated carbocycles. The fourth-order valence-corrected chi connectivity index (χ4v) is 2.33. The molecule has 1 saturated heterocycles. The number of aromatic nitrogens is 2. The van der Waals surface area contributed by atoms with Crippen molar-refractivity contribution in [2.75, 3.05) is 18.1 Å². The van der Waals surface area contributed by atoms with Gasteiger partial charge in [0.25, 0.3) is 0 Å². The summed E-state index contributed by atoms with van der Waals surface area (Å²) in [6.07, 6.45) is 4.40. The van der Waals surface area contributed by atoms with Crippen LogP contribution in [0.15, 0.2) is 17.3 Å². The molecule has 1 aliphatic rings. The Labute approximate surface area is 87.3 Å². The molecule has 5 heteroatoms. The summed E-state index contributed by atoms with van der Waals surface area (Å²) in [5.41, 5.74) is 5.48. The average molecular weight is 211 g/mol. The summed E-state index contributed by atoms with van der Waals surface area (Å²) in [4.78, 5) is 7.95. The average Bonchev–Trinajstić information content (AvgIpc) is 2.67. The molecule has 1 fully saturated rings. The molecule has 0 aromatic carbocycles. The van der Waals surface area contributed by atoms with Gasteiger partial charge in [-0.25, -0.2) is 9.97 Å². The molecular formula is C9H13N3OS. The van der Waals surface area contributed by atoms with Crippen LogP contribution in [0.25, 0.3) is 0 Å². The highest BCUT2D eigenvalue weighted by Crippen LogP contribution is 2.22. The van der Waals surface area contributed by atoms with E-state index in [4.69, 9.17) is 10.5 Å². The second-order valence-corrected chi connectivity index (χ2v) is 4.24. The van der Waals surface area contributed by atoms with E-state index in [1.54, 1.807) is 18.0 Å². The monoisotopic (exact) mass is 211 g/mol. The van der Waals surface area contributed by atoms with Crippen LogP contribution in [0.3, 0.4) is 0 Å². The van der Waals surface area contributed by atoms with Crippen LogP contribution in [0.1, 0.15) is 12.8 Å². The number of hydrogen-bond donors (Lipinski definition) is 1. The Kier molecular flexibility index (Phi) is 3.21. The van der Waals surface area contributed by atoms with E-state index >= 15 is 0 Å². The molecule has 1 aromatic rings. The van der Waals surface area contributed by atoms with Crippen LogP contribution in [-0.4, -0.2) is 28.4 Å². The van der Waals surface area contributed by atoms with Gasteiger partial charge in [-0.15, -0.1) is 11.8 Å². The molecule has 0 aliphatic carbocycles. The zero-order valence-electron chi connectivity index (χ0n) is 7.85. The summed E-state index contributed by atoms with van der Waals surface area (Å²) < 4.78 is 5.51. The third kappa shape index (κ3) is 2.59. The topological polar surface area (TPSA) is 61.0 Å². The van der Waals surface area contributed by atoms with Crippen LogP contribution in [-0.2, 0) is 4.74 Å². The minimum atomic E-state index is 0.336. The Hall–Kier alpha value is -0.810. The molecule has 0 spiro atoms. The molecule has 0 amide bonds. The highest BCUT2D eigenvalue weighted by atomic mass is 32.2. The SMILES string of the molecule is Nc1nccc(SCC2CCCO2)n1. The highest BCUT2D eigenvalue weighted by molar-refractivity contribution is 7.99. The van der Waals surface area contributed by atoms with Gasteiger partial charge < -0.3 is 10.5 Å². The van der Waals surface area contributed by atoms with E-state index in [1.165, 1.54) is 6.42 Å². The van der Waals surface area contributed by atoms with Gasteiger partial charge in [0.15, 0.2) is 0 Å². The number of ether oxygens (including phenoxy) is 1. The van der Waals surface area contributed by atoms with E-state index in [1.807, 2.05) is 6.07 Å². The van der Waals surface area contributed by atoms with E-state index in [0.717, 1.165) is 23.8 Å². The molecule has 1 aliphatic heterocycles. The number of anilines is 1. The molecule has 14 heavy (non-hydrogen) atoms. The third-order valence-electron chi connectivity index (χ3n) is 2.09. The van der Waals surface area contributed by atoms with Gasteiger partial charge in [0.2, 0.25) is 5.95 Å². The van der Waals surface area contributed by atoms with Crippen molar-refractivity contribution in [2.24, 2.45) is 0 Å². The van der Waals surface area contributed by atoms with Crippen molar-refractivity contribution < 1.29 is 4.74 Å². The smallest absolute Gasteiger partial charge is 0.221 e. The first kappa shape index (κ1) is 9.73. The maximum atomic E-state index is 5.51. The van der Waals surface area contributed by atoms with Crippen molar-refractivity contribution in [3.63, 3.8) is 0 Å². The van der Waals surface area contributed by atoms with E-state index in [9.17, 15) is 0 Å².